The minimum Gasteiger partial charge on any atom is -0.354 e. The summed E-state index contributed by atoms with van der Waals surface area (Å²) in [6.07, 6.45) is 2.01. The Morgan fingerprint density at radius 1 is 0.927 bits per heavy atom. The fourth-order valence-corrected chi connectivity index (χ4v) is 6.25. The molecule has 3 rings (SSSR count). The fourth-order valence-electron chi connectivity index (χ4n) is 4.25. The SMILES string of the molecule is CCCCNC(=O)C(CC)N(Cc1ccc(Cl)cc1)C(=O)CN(c1cccc(Cl)c1Cl)S(=O)(=O)c1ccc(C)cc1. The second-order valence-electron chi connectivity index (χ2n) is 9.61. The Bertz CT molecular complexity index is 1450. The number of unbranched alkanes of at least 4 members (excludes halogenated alkanes) is 1. The lowest BCUT2D eigenvalue weighted by Crippen LogP contribution is -2.52. The maximum atomic E-state index is 14.1. The van der Waals surface area contributed by atoms with Gasteiger partial charge in [-0.3, -0.25) is 13.9 Å². The van der Waals surface area contributed by atoms with Gasteiger partial charge in [0, 0.05) is 18.1 Å². The molecule has 7 nitrogen and oxygen atoms in total. The number of hydrogen-bond acceptors (Lipinski definition) is 4. The number of rotatable bonds is 13. The van der Waals surface area contributed by atoms with Gasteiger partial charge in [-0.05, 0) is 61.7 Å². The van der Waals surface area contributed by atoms with Crippen LogP contribution >= 0.6 is 34.8 Å². The third kappa shape index (κ3) is 8.38. The van der Waals surface area contributed by atoms with Gasteiger partial charge >= 0.3 is 0 Å². The average molecular weight is 639 g/mol. The highest BCUT2D eigenvalue weighted by atomic mass is 35.5. The zero-order valence-electron chi connectivity index (χ0n) is 23.2. The van der Waals surface area contributed by atoms with Crippen molar-refractivity contribution < 1.29 is 18.0 Å². The number of anilines is 1. The molecule has 0 saturated heterocycles. The van der Waals surface area contributed by atoms with Crippen molar-refractivity contribution in [3.05, 3.63) is 92.9 Å². The van der Waals surface area contributed by atoms with Crippen LogP contribution in [0.1, 0.15) is 44.2 Å². The highest BCUT2D eigenvalue weighted by Crippen LogP contribution is 2.35. The number of aryl methyl sites for hydroxylation is 1. The Morgan fingerprint density at radius 3 is 2.20 bits per heavy atom. The van der Waals surface area contributed by atoms with E-state index in [0.717, 1.165) is 28.3 Å². The smallest absolute Gasteiger partial charge is 0.264 e. The monoisotopic (exact) mass is 637 g/mol. The molecule has 41 heavy (non-hydrogen) atoms. The standard InChI is InChI=1S/C30H34Cl3N3O4S/c1-4-6-18-34-30(38)26(5-2)35(19-22-12-14-23(31)15-13-22)28(37)20-36(27-9-7-8-25(32)29(27)33)41(39,40)24-16-10-21(3)11-17-24/h7-17,26H,4-6,18-20H2,1-3H3,(H,34,38). The van der Waals surface area contributed by atoms with Gasteiger partial charge in [0.05, 0.1) is 20.6 Å². The van der Waals surface area contributed by atoms with Crippen LogP contribution in [-0.2, 0) is 26.2 Å². The summed E-state index contributed by atoms with van der Waals surface area (Å²) < 4.78 is 28.9. The van der Waals surface area contributed by atoms with E-state index in [1.165, 1.54) is 29.2 Å². The molecule has 220 valence electrons. The maximum absolute atomic E-state index is 14.1. The molecule has 0 saturated carbocycles. The Balaban J connectivity index is 2.07. The van der Waals surface area contributed by atoms with E-state index in [2.05, 4.69) is 5.32 Å². The number of benzene rings is 3. The molecule has 0 spiro atoms. The van der Waals surface area contributed by atoms with Crippen LogP contribution in [0, 0.1) is 6.92 Å². The molecular weight excluding hydrogens is 605 g/mol. The largest absolute Gasteiger partial charge is 0.354 e. The summed E-state index contributed by atoms with van der Waals surface area (Å²) in [6.45, 7) is 5.60. The van der Waals surface area contributed by atoms with Gasteiger partial charge in [0.15, 0.2) is 0 Å². The van der Waals surface area contributed by atoms with Gasteiger partial charge in [0.2, 0.25) is 11.8 Å². The molecule has 2 amide bonds. The lowest BCUT2D eigenvalue weighted by atomic mass is 10.1. The number of nitrogens with one attached hydrogen (secondary N) is 1. The summed E-state index contributed by atoms with van der Waals surface area (Å²) in [6, 6.07) is 17.0. The van der Waals surface area contributed by atoms with Crippen molar-refractivity contribution in [2.24, 2.45) is 0 Å². The fraction of sp³-hybridized carbons (Fsp3) is 0.333. The number of amides is 2. The highest BCUT2D eigenvalue weighted by Gasteiger charge is 2.34. The summed E-state index contributed by atoms with van der Waals surface area (Å²) in [7, 11) is -4.26. The molecule has 0 aliphatic heterocycles. The van der Waals surface area contributed by atoms with E-state index < -0.39 is 28.5 Å². The predicted molar refractivity (Wildman–Crippen MR) is 166 cm³/mol. The molecule has 0 fully saturated rings. The first-order valence-electron chi connectivity index (χ1n) is 13.3. The number of hydrogen-bond donors (Lipinski definition) is 1. The third-order valence-electron chi connectivity index (χ3n) is 6.57. The summed E-state index contributed by atoms with van der Waals surface area (Å²) in [5, 5.41) is 3.56. The van der Waals surface area contributed by atoms with Crippen molar-refractivity contribution in [1.82, 2.24) is 10.2 Å². The van der Waals surface area contributed by atoms with Crippen LogP contribution < -0.4 is 9.62 Å². The van der Waals surface area contributed by atoms with E-state index in [1.54, 1.807) is 49.4 Å². The minimum atomic E-state index is -4.26. The van der Waals surface area contributed by atoms with Crippen molar-refractivity contribution in [3.8, 4) is 0 Å². The van der Waals surface area contributed by atoms with Gasteiger partial charge in [0.25, 0.3) is 10.0 Å². The number of halogens is 3. The van der Waals surface area contributed by atoms with Crippen molar-refractivity contribution in [2.75, 3.05) is 17.4 Å². The number of carbonyl (C=O) groups is 2. The van der Waals surface area contributed by atoms with Crippen LogP contribution in [0.25, 0.3) is 0 Å². The molecule has 0 aromatic heterocycles. The van der Waals surface area contributed by atoms with Gasteiger partial charge in [-0.15, -0.1) is 0 Å². The van der Waals surface area contributed by atoms with E-state index >= 15 is 0 Å². The van der Waals surface area contributed by atoms with E-state index in [4.69, 9.17) is 34.8 Å². The van der Waals surface area contributed by atoms with Gasteiger partial charge in [-0.25, -0.2) is 8.42 Å². The summed E-state index contributed by atoms with van der Waals surface area (Å²) >= 11 is 18.8. The van der Waals surface area contributed by atoms with Crippen LogP contribution in [-0.4, -0.2) is 44.3 Å². The Labute approximate surface area is 257 Å². The minimum absolute atomic E-state index is 0.00810. The third-order valence-corrected chi connectivity index (χ3v) is 9.40. The maximum Gasteiger partial charge on any atom is 0.264 e. The second kappa shape index (κ2) is 14.9. The molecule has 0 aliphatic carbocycles. The Kier molecular flexibility index (Phi) is 11.9. The zero-order chi connectivity index (χ0) is 30.2. The van der Waals surface area contributed by atoms with Crippen LogP contribution in [0.3, 0.4) is 0 Å². The van der Waals surface area contributed by atoms with Gasteiger partial charge in [-0.1, -0.05) is 91.0 Å². The molecule has 0 aliphatic rings. The molecule has 0 bridgehead atoms. The first-order valence-corrected chi connectivity index (χ1v) is 15.9. The van der Waals surface area contributed by atoms with Gasteiger partial charge in [-0.2, -0.15) is 0 Å². The molecule has 1 unspecified atom stereocenters. The van der Waals surface area contributed by atoms with Crippen LogP contribution in [0.5, 0.6) is 0 Å². The topological polar surface area (TPSA) is 86.8 Å². The van der Waals surface area contributed by atoms with Gasteiger partial charge < -0.3 is 10.2 Å². The van der Waals surface area contributed by atoms with Crippen LogP contribution in [0.4, 0.5) is 5.69 Å². The number of carbonyl (C=O) groups excluding carboxylic acids is 2. The van der Waals surface area contributed by atoms with Crippen molar-refractivity contribution in [1.29, 1.82) is 0 Å². The van der Waals surface area contributed by atoms with Gasteiger partial charge in [0.1, 0.15) is 12.6 Å². The van der Waals surface area contributed by atoms with Crippen molar-refractivity contribution in [3.63, 3.8) is 0 Å². The van der Waals surface area contributed by atoms with E-state index in [9.17, 15) is 18.0 Å². The molecule has 0 radical (unpaired) electrons. The Hall–Kier alpha value is -2.78. The van der Waals surface area contributed by atoms with Crippen LogP contribution in [0.15, 0.2) is 71.6 Å². The lowest BCUT2D eigenvalue weighted by Gasteiger charge is -2.33. The van der Waals surface area contributed by atoms with E-state index in [0.29, 0.717) is 18.0 Å². The van der Waals surface area contributed by atoms with Crippen molar-refractivity contribution in [2.45, 2.75) is 57.5 Å². The first-order chi connectivity index (χ1) is 19.5. The molecule has 3 aromatic carbocycles. The molecule has 1 N–H and O–H groups in total. The number of nitrogens with zero attached hydrogens (tertiary/aromatic N) is 2. The molecular formula is C30H34Cl3N3O4S. The average Bonchev–Trinajstić information content (AvgIpc) is 2.94. The molecule has 3 aromatic rings. The number of sulfonamides is 1. The summed E-state index contributed by atoms with van der Waals surface area (Å²) in [5.41, 5.74) is 1.66. The molecule has 0 heterocycles. The lowest BCUT2D eigenvalue weighted by molar-refractivity contribution is -0.140. The second-order valence-corrected chi connectivity index (χ2v) is 12.7. The zero-order valence-corrected chi connectivity index (χ0v) is 26.3. The summed E-state index contributed by atoms with van der Waals surface area (Å²) in [4.78, 5) is 28.7. The van der Waals surface area contributed by atoms with Crippen molar-refractivity contribution >= 4 is 62.3 Å². The van der Waals surface area contributed by atoms with Crippen LogP contribution in [0.2, 0.25) is 15.1 Å². The van der Waals surface area contributed by atoms with E-state index in [-0.39, 0.29) is 33.1 Å². The quantitative estimate of drug-likeness (QED) is 0.207. The predicted octanol–water partition coefficient (Wildman–Crippen LogP) is 6.87. The first kappa shape index (κ1) is 32.7. The normalized spacial score (nSPS) is 12.0. The Morgan fingerprint density at radius 2 is 1.59 bits per heavy atom. The van der Waals surface area contributed by atoms with E-state index in [1.807, 2.05) is 13.8 Å². The summed E-state index contributed by atoms with van der Waals surface area (Å²) in [5.74, 6) is -0.888. The molecule has 11 heteroatoms. The highest BCUT2D eigenvalue weighted by molar-refractivity contribution is 7.92. The molecule has 1 atom stereocenters.